The average Bonchev–Trinajstić information content (AvgIpc) is 2.74. The number of carboxylic acid groups (broad SMARTS) is 1. The van der Waals surface area contributed by atoms with Crippen LogP contribution in [0, 0.1) is 5.92 Å². The number of esters is 1. The summed E-state index contributed by atoms with van der Waals surface area (Å²) in [5, 5.41) is 19.3. The van der Waals surface area contributed by atoms with Crippen molar-refractivity contribution in [3.8, 4) is 11.5 Å². The lowest BCUT2D eigenvalue weighted by Crippen LogP contribution is -2.27. The maximum absolute atomic E-state index is 12.2. The molecule has 0 aliphatic heterocycles. The van der Waals surface area contributed by atoms with Crippen molar-refractivity contribution in [1.82, 2.24) is 0 Å². The first-order valence-electron chi connectivity index (χ1n) is 9.49. The van der Waals surface area contributed by atoms with Crippen LogP contribution in [0.2, 0.25) is 0 Å². The number of ether oxygens (including phenoxy) is 3. The largest absolute Gasteiger partial charge is 0.497 e. The van der Waals surface area contributed by atoms with E-state index in [-0.39, 0.29) is 12.0 Å². The highest BCUT2D eigenvalue weighted by molar-refractivity contribution is 5.91. The van der Waals surface area contributed by atoms with Gasteiger partial charge in [-0.3, -0.25) is 4.79 Å². The third-order valence-electron chi connectivity index (χ3n) is 5.05. The molecule has 2 N–H and O–H groups in total. The number of aliphatic carboxylic acids is 1. The van der Waals surface area contributed by atoms with Gasteiger partial charge in [0.25, 0.3) is 0 Å². The Bertz CT molecular complexity index is 821. The van der Waals surface area contributed by atoms with Gasteiger partial charge in [-0.05, 0) is 62.1 Å². The molecule has 0 amide bonds. The fraction of sp³-hybridized carbons (Fsp3) is 0.364. The van der Waals surface area contributed by atoms with Crippen LogP contribution in [0.3, 0.4) is 0 Å². The molecule has 0 heterocycles. The number of hydrogen-bond acceptors (Lipinski definition) is 6. The van der Waals surface area contributed by atoms with Gasteiger partial charge in [0.1, 0.15) is 11.5 Å². The first-order chi connectivity index (χ1) is 14.0. The minimum absolute atomic E-state index is 0.173. The Kier molecular flexibility index (Phi) is 6.85. The Morgan fingerprint density at radius 2 is 1.52 bits per heavy atom. The molecule has 7 nitrogen and oxygen atoms in total. The van der Waals surface area contributed by atoms with Crippen LogP contribution < -0.4 is 9.47 Å². The normalized spacial score (nSPS) is 19.9. The minimum Gasteiger partial charge on any atom is -0.497 e. The predicted octanol–water partition coefficient (Wildman–Crippen LogP) is 3.57. The fourth-order valence-corrected chi connectivity index (χ4v) is 3.30. The summed E-state index contributed by atoms with van der Waals surface area (Å²) in [6.45, 7) is 0. The van der Waals surface area contributed by atoms with Crippen molar-refractivity contribution < 1.29 is 34.0 Å². The van der Waals surface area contributed by atoms with Gasteiger partial charge >= 0.3 is 11.9 Å². The van der Waals surface area contributed by atoms with Gasteiger partial charge in [-0.2, -0.15) is 0 Å². The molecule has 0 saturated heterocycles. The Morgan fingerprint density at radius 3 is 2.07 bits per heavy atom. The third-order valence-corrected chi connectivity index (χ3v) is 5.05. The Hall–Kier alpha value is -2.90. The van der Waals surface area contributed by atoms with Crippen LogP contribution in [-0.2, 0) is 9.53 Å². The number of carbonyl (C=O) groups excluding carboxylic acids is 1. The number of carboxylic acids is 1. The molecule has 1 aliphatic rings. The lowest BCUT2D eigenvalue weighted by atomic mass is 9.87. The van der Waals surface area contributed by atoms with Gasteiger partial charge in [0.05, 0.1) is 24.7 Å². The molecule has 1 fully saturated rings. The number of hydrogen-bond donors (Lipinski definition) is 2. The van der Waals surface area contributed by atoms with E-state index in [2.05, 4.69) is 0 Å². The second-order valence-corrected chi connectivity index (χ2v) is 6.99. The van der Waals surface area contributed by atoms with E-state index < -0.39 is 18.2 Å². The van der Waals surface area contributed by atoms with Crippen LogP contribution in [0.4, 0.5) is 0 Å². The average molecular weight is 400 g/mol. The second-order valence-electron chi connectivity index (χ2n) is 6.99. The summed E-state index contributed by atoms with van der Waals surface area (Å²) >= 11 is 0. The molecule has 1 unspecified atom stereocenters. The maximum atomic E-state index is 12.2. The fourth-order valence-electron chi connectivity index (χ4n) is 3.30. The van der Waals surface area contributed by atoms with Crippen LogP contribution in [0.1, 0.15) is 47.9 Å². The van der Waals surface area contributed by atoms with Gasteiger partial charge in [0.2, 0.25) is 0 Å². The molecule has 2 aromatic carbocycles. The number of aliphatic hydroxyl groups is 1. The lowest BCUT2D eigenvalue weighted by Gasteiger charge is -2.28. The molecule has 1 atom stereocenters. The molecule has 1 aliphatic carbocycles. The van der Waals surface area contributed by atoms with E-state index in [1.54, 1.807) is 55.6 Å². The van der Waals surface area contributed by atoms with E-state index in [4.69, 9.17) is 19.3 Å². The van der Waals surface area contributed by atoms with Gasteiger partial charge in [0.15, 0.2) is 6.29 Å². The van der Waals surface area contributed by atoms with E-state index in [0.717, 1.165) is 0 Å². The molecular weight excluding hydrogens is 376 g/mol. The Labute approximate surface area is 168 Å². The van der Waals surface area contributed by atoms with Crippen LogP contribution in [-0.4, -0.2) is 35.4 Å². The van der Waals surface area contributed by atoms with Crippen molar-refractivity contribution in [3.63, 3.8) is 0 Å². The number of rotatable bonds is 7. The number of benzene rings is 2. The quantitative estimate of drug-likeness (QED) is 0.416. The summed E-state index contributed by atoms with van der Waals surface area (Å²) in [7, 11) is 1.55. The van der Waals surface area contributed by atoms with Gasteiger partial charge < -0.3 is 24.4 Å². The summed E-state index contributed by atoms with van der Waals surface area (Å²) in [4.78, 5) is 23.2. The first kappa shape index (κ1) is 20.8. The first-order valence-corrected chi connectivity index (χ1v) is 9.49. The Balaban J connectivity index is 1.52. The van der Waals surface area contributed by atoms with E-state index in [0.29, 0.717) is 48.3 Å². The molecule has 1 saturated carbocycles. The topological polar surface area (TPSA) is 102 Å². The van der Waals surface area contributed by atoms with Crippen molar-refractivity contribution in [1.29, 1.82) is 0 Å². The van der Waals surface area contributed by atoms with Crippen molar-refractivity contribution >= 4 is 11.9 Å². The molecule has 7 heteroatoms. The second kappa shape index (κ2) is 9.54. The van der Waals surface area contributed by atoms with Crippen LogP contribution >= 0.6 is 0 Å². The predicted molar refractivity (Wildman–Crippen MR) is 104 cm³/mol. The zero-order chi connectivity index (χ0) is 20.8. The van der Waals surface area contributed by atoms with Crippen molar-refractivity contribution in [3.05, 3.63) is 59.7 Å². The smallest absolute Gasteiger partial charge is 0.343 e. The van der Waals surface area contributed by atoms with Gasteiger partial charge in [-0.25, -0.2) is 4.79 Å². The minimum atomic E-state index is -1.12. The van der Waals surface area contributed by atoms with Gasteiger partial charge in [-0.1, -0.05) is 12.1 Å². The summed E-state index contributed by atoms with van der Waals surface area (Å²) in [6.07, 6.45) is 1.01. The number of carbonyl (C=O) groups is 2. The highest BCUT2D eigenvalue weighted by atomic mass is 16.6. The SMILES string of the molecule is COc1ccc(C(=O)Oc2ccc(C(O)OC3CCC(C(=O)O)CC3)cc2)cc1. The van der Waals surface area contributed by atoms with E-state index in [1.165, 1.54) is 0 Å². The van der Waals surface area contributed by atoms with Crippen LogP contribution in [0.15, 0.2) is 48.5 Å². The number of methoxy groups -OCH3 is 1. The lowest BCUT2D eigenvalue weighted by molar-refractivity contribution is -0.157. The molecule has 0 aromatic heterocycles. The summed E-state index contributed by atoms with van der Waals surface area (Å²) < 4.78 is 16.1. The van der Waals surface area contributed by atoms with E-state index in [9.17, 15) is 14.7 Å². The zero-order valence-corrected chi connectivity index (χ0v) is 16.1. The highest BCUT2D eigenvalue weighted by Gasteiger charge is 2.28. The molecule has 0 bridgehead atoms. The van der Waals surface area contributed by atoms with Crippen LogP contribution in [0.25, 0.3) is 0 Å². The standard InChI is InChI=1S/C22H24O7/c1-27-17-8-4-15(5-9-17)21(25)29-19-12-6-16(7-13-19)22(26)28-18-10-2-14(3-11-18)20(23)24/h4-9,12-14,18,22,26H,2-3,10-11H2,1H3,(H,23,24). The van der Waals surface area contributed by atoms with Crippen LogP contribution in [0.5, 0.6) is 11.5 Å². The molecule has 0 spiro atoms. The van der Waals surface area contributed by atoms with E-state index >= 15 is 0 Å². The molecule has 154 valence electrons. The Morgan fingerprint density at radius 1 is 0.931 bits per heavy atom. The van der Waals surface area contributed by atoms with Crippen molar-refractivity contribution in [2.24, 2.45) is 5.92 Å². The van der Waals surface area contributed by atoms with Crippen molar-refractivity contribution in [2.75, 3.05) is 7.11 Å². The summed E-state index contributed by atoms with van der Waals surface area (Å²) in [6, 6.07) is 13.0. The van der Waals surface area contributed by atoms with Crippen molar-refractivity contribution in [2.45, 2.75) is 38.1 Å². The maximum Gasteiger partial charge on any atom is 0.343 e. The zero-order valence-electron chi connectivity index (χ0n) is 16.1. The van der Waals surface area contributed by atoms with Gasteiger partial charge in [-0.15, -0.1) is 0 Å². The van der Waals surface area contributed by atoms with Gasteiger partial charge in [0, 0.05) is 5.56 Å². The third kappa shape index (κ3) is 5.56. The summed E-state index contributed by atoms with van der Waals surface area (Å²) in [5.74, 6) is -0.595. The molecule has 29 heavy (non-hydrogen) atoms. The monoisotopic (exact) mass is 400 g/mol. The summed E-state index contributed by atoms with van der Waals surface area (Å²) in [5.41, 5.74) is 0.935. The number of aliphatic hydroxyl groups excluding tert-OH is 1. The highest BCUT2D eigenvalue weighted by Crippen LogP contribution is 2.30. The molecule has 0 radical (unpaired) electrons. The molecule has 2 aromatic rings. The molecular formula is C22H24O7. The molecule has 3 rings (SSSR count). The van der Waals surface area contributed by atoms with E-state index in [1.807, 2.05) is 0 Å².